The van der Waals surface area contributed by atoms with Crippen molar-refractivity contribution in [3.05, 3.63) is 12.4 Å². The van der Waals surface area contributed by atoms with E-state index in [0.29, 0.717) is 41.9 Å². The van der Waals surface area contributed by atoms with Crippen molar-refractivity contribution >= 4 is 23.1 Å². The molecular formula is C19H26F2N6O2. The van der Waals surface area contributed by atoms with Gasteiger partial charge in [0.15, 0.2) is 5.65 Å². The molecule has 1 N–H and O–H groups in total. The van der Waals surface area contributed by atoms with Crippen molar-refractivity contribution in [1.82, 2.24) is 24.6 Å². The summed E-state index contributed by atoms with van der Waals surface area (Å²) >= 11 is 0. The highest BCUT2D eigenvalue weighted by atomic mass is 19.3. The summed E-state index contributed by atoms with van der Waals surface area (Å²) in [5, 5.41) is 7.32. The van der Waals surface area contributed by atoms with Crippen LogP contribution in [0.4, 0.5) is 19.4 Å². The molecule has 3 heterocycles. The summed E-state index contributed by atoms with van der Waals surface area (Å²) in [4.78, 5) is 22.8. The molecule has 1 saturated heterocycles. The molecule has 158 valence electrons. The predicted molar refractivity (Wildman–Crippen MR) is 103 cm³/mol. The Balaban J connectivity index is 1.36. The highest BCUT2D eigenvalue weighted by Gasteiger charge is 2.43. The first-order chi connectivity index (χ1) is 13.7. The number of anilines is 1. The van der Waals surface area contributed by atoms with Crippen molar-refractivity contribution in [1.29, 1.82) is 0 Å². The van der Waals surface area contributed by atoms with Crippen LogP contribution in [-0.4, -0.2) is 61.9 Å². The van der Waals surface area contributed by atoms with Crippen LogP contribution < -0.4 is 5.32 Å². The molecule has 1 aliphatic heterocycles. The number of halogens is 2. The Kier molecular flexibility index (Phi) is 5.04. The highest BCUT2D eigenvalue weighted by Crippen LogP contribution is 2.39. The van der Waals surface area contributed by atoms with Crippen LogP contribution in [0.5, 0.6) is 0 Å². The van der Waals surface area contributed by atoms with Crippen molar-refractivity contribution < 1.29 is 18.3 Å². The largest absolute Gasteiger partial charge is 0.444 e. The van der Waals surface area contributed by atoms with Gasteiger partial charge in [0.1, 0.15) is 23.5 Å². The minimum absolute atomic E-state index is 0.212. The number of ether oxygens (including phenoxy) is 1. The summed E-state index contributed by atoms with van der Waals surface area (Å²) in [6, 6.07) is 0.212. The van der Waals surface area contributed by atoms with Gasteiger partial charge < -0.3 is 15.0 Å². The number of rotatable bonds is 4. The Morgan fingerprint density at radius 3 is 2.59 bits per heavy atom. The number of amides is 1. The number of carbonyl (C=O) groups is 1. The van der Waals surface area contributed by atoms with Crippen molar-refractivity contribution in [3.8, 4) is 0 Å². The molecule has 1 amide bonds. The van der Waals surface area contributed by atoms with Crippen LogP contribution in [0.1, 0.15) is 33.6 Å². The van der Waals surface area contributed by atoms with Gasteiger partial charge in [0.2, 0.25) is 0 Å². The topological polar surface area (TPSA) is 85.2 Å². The van der Waals surface area contributed by atoms with Gasteiger partial charge in [0.25, 0.3) is 6.43 Å². The van der Waals surface area contributed by atoms with E-state index in [4.69, 9.17) is 4.74 Å². The number of hydrogen-bond donors (Lipinski definition) is 1. The van der Waals surface area contributed by atoms with Gasteiger partial charge in [-0.05, 0) is 45.4 Å². The van der Waals surface area contributed by atoms with Gasteiger partial charge in [-0.25, -0.2) is 28.2 Å². The molecule has 0 spiro atoms. The Bertz CT molecular complexity index is 882. The van der Waals surface area contributed by atoms with Crippen LogP contribution in [0.25, 0.3) is 11.2 Å². The Morgan fingerprint density at radius 1 is 1.28 bits per heavy atom. The van der Waals surface area contributed by atoms with E-state index < -0.39 is 18.6 Å². The molecule has 3 atom stereocenters. The SMILES string of the molecule is CC(C)(C)OC(=O)N1C[C@H]2CC(Nc3cnc4cnn(CC(F)F)c4n3)C[C@H]2C1. The third-order valence-electron chi connectivity index (χ3n) is 5.41. The van der Waals surface area contributed by atoms with Crippen LogP contribution >= 0.6 is 0 Å². The molecule has 29 heavy (non-hydrogen) atoms. The first-order valence-corrected chi connectivity index (χ1v) is 9.89. The second-order valence-electron chi connectivity index (χ2n) is 8.90. The zero-order valence-corrected chi connectivity index (χ0v) is 16.8. The van der Waals surface area contributed by atoms with Crippen LogP contribution in [-0.2, 0) is 11.3 Å². The Labute approximate surface area is 167 Å². The van der Waals surface area contributed by atoms with Gasteiger partial charge in [0.05, 0.1) is 12.4 Å². The van der Waals surface area contributed by atoms with Gasteiger partial charge in [-0.3, -0.25) is 0 Å². The summed E-state index contributed by atoms with van der Waals surface area (Å²) < 4.78 is 32.1. The summed E-state index contributed by atoms with van der Waals surface area (Å²) in [7, 11) is 0. The summed E-state index contributed by atoms with van der Waals surface area (Å²) in [6.07, 6.45) is 2.14. The van der Waals surface area contributed by atoms with Crippen LogP contribution in [0.2, 0.25) is 0 Å². The average Bonchev–Trinajstić information content (AvgIpc) is 3.26. The maximum absolute atomic E-state index is 12.7. The zero-order valence-electron chi connectivity index (χ0n) is 16.8. The lowest BCUT2D eigenvalue weighted by Crippen LogP contribution is -2.36. The number of alkyl halides is 2. The number of carbonyl (C=O) groups excluding carboxylic acids is 1. The van der Waals surface area contributed by atoms with E-state index in [1.807, 2.05) is 20.8 Å². The van der Waals surface area contributed by atoms with E-state index in [1.54, 1.807) is 11.1 Å². The van der Waals surface area contributed by atoms with Gasteiger partial charge in [-0.1, -0.05) is 0 Å². The van der Waals surface area contributed by atoms with E-state index in [0.717, 1.165) is 12.8 Å². The standard InChI is InChI=1S/C19H26F2N6O2/c1-19(2,3)29-18(28)26-8-11-4-13(5-12(11)9-26)24-16-7-22-14-6-23-27(10-15(20)21)17(14)25-16/h6-7,11-13,15H,4-5,8-10H2,1-3H3,(H,24,25)/t11-,12+,13?. The second kappa shape index (κ2) is 7.38. The molecule has 1 unspecified atom stereocenters. The fourth-order valence-electron chi connectivity index (χ4n) is 4.29. The minimum atomic E-state index is -2.50. The molecule has 2 fully saturated rings. The molecule has 0 bridgehead atoms. The first-order valence-electron chi connectivity index (χ1n) is 9.89. The molecule has 8 nitrogen and oxygen atoms in total. The molecule has 2 aliphatic rings. The number of hydrogen-bond acceptors (Lipinski definition) is 6. The van der Waals surface area contributed by atoms with E-state index in [2.05, 4.69) is 20.4 Å². The average molecular weight is 408 g/mol. The van der Waals surface area contributed by atoms with E-state index in [9.17, 15) is 13.6 Å². The maximum atomic E-state index is 12.7. The van der Waals surface area contributed by atoms with Gasteiger partial charge in [0, 0.05) is 19.1 Å². The fraction of sp³-hybridized carbons (Fsp3) is 0.684. The van der Waals surface area contributed by atoms with Crippen molar-refractivity contribution in [2.24, 2.45) is 11.8 Å². The van der Waals surface area contributed by atoms with E-state index >= 15 is 0 Å². The highest BCUT2D eigenvalue weighted by molar-refractivity contribution is 5.71. The second-order valence-corrected chi connectivity index (χ2v) is 8.90. The predicted octanol–water partition coefficient (Wildman–Crippen LogP) is 3.15. The number of likely N-dealkylation sites (tertiary alicyclic amines) is 1. The summed E-state index contributed by atoms with van der Waals surface area (Å²) in [6.45, 7) is 6.50. The normalized spacial score (nSPS) is 24.3. The molecular weight excluding hydrogens is 382 g/mol. The third kappa shape index (κ3) is 4.40. The van der Waals surface area contributed by atoms with Crippen molar-refractivity contribution in [3.63, 3.8) is 0 Å². The smallest absolute Gasteiger partial charge is 0.410 e. The molecule has 4 rings (SSSR count). The lowest BCUT2D eigenvalue weighted by Gasteiger charge is -2.25. The van der Waals surface area contributed by atoms with Gasteiger partial charge in [-0.15, -0.1) is 0 Å². The number of nitrogens with one attached hydrogen (secondary N) is 1. The van der Waals surface area contributed by atoms with Crippen molar-refractivity contribution in [2.45, 2.75) is 58.2 Å². The lowest BCUT2D eigenvalue weighted by molar-refractivity contribution is 0.0280. The Hall–Kier alpha value is -2.52. The van der Waals surface area contributed by atoms with Crippen molar-refractivity contribution in [2.75, 3.05) is 18.4 Å². The zero-order chi connectivity index (χ0) is 20.8. The van der Waals surface area contributed by atoms with E-state index in [-0.39, 0.29) is 12.1 Å². The van der Waals surface area contributed by atoms with Gasteiger partial charge in [-0.2, -0.15) is 5.10 Å². The first kappa shape index (κ1) is 19.8. The van der Waals surface area contributed by atoms with Crippen LogP contribution in [0, 0.1) is 11.8 Å². The van der Waals surface area contributed by atoms with E-state index in [1.165, 1.54) is 10.9 Å². The van der Waals surface area contributed by atoms with Crippen LogP contribution in [0.3, 0.4) is 0 Å². The summed E-state index contributed by atoms with van der Waals surface area (Å²) in [5.74, 6) is 1.39. The molecule has 2 aromatic heterocycles. The quantitative estimate of drug-likeness (QED) is 0.837. The van der Waals surface area contributed by atoms with Crippen LogP contribution in [0.15, 0.2) is 12.4 Å². The summed E-state index contributed by atoms with van der Waals surface area (Å²) in [5.41, 5.74) is 0.351. The lowest BCUT2D eigenvalue weighted by atomic mass is 10.0. The Morgan fingerprint density at radius 2 is 1.97 bits per heavy atom. The molecule has 0 aromatic carbocycles. The molecule has 1 aliphatic carbocycles. The molecule has 1 saturated carbocycles. The molecule has 0 radical (unpaired) electrons. The van der Waals surface area contributed by atoms with Gasteiger partial charge >= 0.3 is 6.09 Å². The number of nitrogens with zero attached hydrogens (tertiary/aromatic N) is 5. The monoisotopic (exact) mass is 408 g/mol. The fourth-order valence-corrected chi connectivity index (χ4v) is 4.29. The number of fused-ring (bicyclic) bond motifs is 2. The minimum Gasteiger partial charge on any atom is -0.444 e. The molecule has 2 aromatic rings. The maximum Gasteiger partial charge on any atom is 0.410 e. The molecule has 10 heteroatoms. The third-order valence-corrected chi connectivity index (χ3v) is 5.41. The number of aromatic nitrogens is 4.